The molecule has 3 heterocycles. The predicted molar refractivity (Wildman–Crippen MR) is 94.4 cm³/mol. The summed E-state index contributed by atoms with van der Waals surface area (Å²) >= 11 is 1.38. The number of carbonyl (C=O) groups is 1. The van der Waals surface area contributed by atoms with Crippen LogP contribution in [0.2, 0.25) is 0 Å². The number of anilines is 1. The summed E-state index contributed by atoms with van der Waals surface area (Å²) in [5.41, 5.74) is 1.68. The molecule has 0 saturated carbocycles. The van der Waals surface area contributed by atoms with Gasteiger partial charge in [0.15, 0.2) is 5.13 Å². The smallest absolute Gasteiger partial charge is 0.266 e. The number of β-amino-alcohol motifs (C(OH)–C–C–N with tert-alkyl or cyclic N) is 1. The zero-order chi connectivity index (χ0) is 17.1. The van der Waals surface area contributed by atoms with Gasteiger partial charge in [0, 0.05) is 37.4 Å². The topological polar surface area (TPSA) is 78.4 Å². The van der Waals surface area contributed by atoms with Gasteiger partial charge in [0.1, 0.15) is 4.88 Å². The predicted octanol–water partition coefficient (Wildman–Crippen LogP) is 1.95. The Morgan fingerprint density at radius 2 is 2.29 bits per heavy atom. The van der Waals surface area contributed by atoms with Crippen LogP contribution < -0.4 is 5.32 Å². The lowest BCUT2D eigenvalue weighted by atomic mass is 10.00. The lowest BCUT2D eigenvalue weighted by Crippen LogP contribution is -2.29. The van der Waals surface area contributed by atoms with Gasteiger partial charge in [0.05, 0.1) is 11.8 Å². The number of thiazole rings is 1. The van der Waals surface area contributed by atoms with Gasteiger partial charge in [0.2, 0.25) is 0 Å². The minimum absolute atomic E-state index is 0.0188. The van der Waals surface area contributed by atoms with Crippen molar-refractivity contribution in [2.24, 2.45) is 5.92 Å². The summed E-state index contributed by atoms with van der Waals surface area (Å²) in [5, 5.41) is 14.2. The van der Waals surface area contributed by atoms with Crippen molar-refractivity contribution in [2.45, 2.75) is 26.4 Å². The van der Waals surface area contributed by atoms with Gasteiger partial charge >= 0.3 is 0 Å². The monoisotopic (exact) mass is 346 g/mol. The first kappa shape index (κ1) is 16.9. The fourth-order valence-corrected chi connectivity index (χ4v) is 3.98. The second kappa shape index (κ2) is 7.27. The first-order valence-corrected chi connectivity index (χ1v) is 8.98. The lowest BCUT2D eigenvalue weighted by molar-refractivity contribution is 0.0768. The summed E-state index contributed by atoms with van der Waals surface area (Å²) in [7, 11) is 0. The van der Waals surface area contributed by atoms with Crippen molar-refractivity contribution in [3.05, 3.63) is 40.7 Å². The highest BCUT2D eigenvalue weighted by molar-refractivity contribution is 7.17. The number of aryl methyl sites for hydroxylation is 1. The number of hydrogen-bond acceptors (Lipinski definition) is 6. The van der Waals surface area contributed by atoms with Crippen molar-refractivity contribution >= 4 is 22.4 Å². The van der Waals surface area contributed by atoms with Gasteiger partial charge in [-0.1, -0.05) is 17.4 Å². The van der Waals surface area contributed by atoms with Gasteiger partial charge in [0.25, 0.3) is 5.91 Å². The molecule has 0 bridgehead atoms. The second-order valence-electron chi connectivity index (χ2n) is 6.03. The zero-order valence-corrected chi connectivity index (χ0v) is 14.7. The summed E-state index contributed by atoms with van der Waals surface area (Å²) in [6, 6.07) is 5.77. The number of carbonyl (C=O) groups excluding carboxylic acids is 1. The molecule has 24 heavy (non-hydrogen) atoms. The van der Waals surface area contributed by atoms with E-state index in [1.807, 2.05) is 32.0 Å². The molecule has 128 valence electrons. The fourth-order valence-electron chi connectivity index (χ4n) is 2.97. The molecule has 0 spiro atoms. The quantitative estimate of drug-likeness (QED) is 0.865. The third-order valence-electron chi connectivity index (χ3n) is 4.21. The van der Waals surface area contributed by atoms with Crippen LogP contribution in [0.4, 0.5) is 5.13 Å². The van der Waals surface area contributed by atoms with Crippen LogP contribution in [0.15, 0.2) is 24.4 Å². The maximum Gasteiger partial charge on any atom is 0.266 e. The number of pyridine rings is 1. The van der Waals surface area contributed by atoms with Gasteiger partial charge in [-0.25, -0.2) is 4.98 Å². The number of hydrogen-bond donors (Lipinski definition) is 2. The van der Waals surface area contributed by atoms with Gasteiger partial charge in [-0.2, -0.15) is 0 Å². The second-order valence-corrected chi connectivity index (χ2v) is 7.03. The Balaban J connectivity index is 1.68. The molecule has 1 amide bonds. The van der Waals surface area contributed by atoms with Crippen LogP contribution in [-0.4, -0.2) is 51.6 Å². The molecule has 0 radical (unpaired) electrons. The third kappa shape index (κ3) is 3.57. The Kier molecular flexibility index (Phi) is 5.11. The number of amides is 1. The van der Waals surface area contributed by atoms with E-state index in [0.29, 0.717) is 24.4 Å². The highest BCUT2D eigenvalue weighted by Gasteiger charge is 2.35. The van der Waals surface area contributed by atoms with Crippen molar-refractivity contribution in [3.8, 4) is 0 Å². The SMILES string of the molecule is CCNc1nc(C)c(C(=O)N2C[C@@H](Cc3ccccn3)[C@H](O)C2)s1. The fraction of sp³-hybridized carbons (Fsp3) is 0.471. The van der Waals surface area contributed by atoms with Crippen LogP contribution in [0, 0.1) is 12.8 Å². The van der Waals surface area contributed by atoms with Crippen LogP contribution in [0.3, 0.4) is 0 Å². The molecule has 1 saturated heterocycles. The highest BCUT2D eigenvalue weighted by atomic mass is 32.1. The molecule has 6 nitrogen and oxygen atoms in total. The molecule has 7 heteroatoms. The molecular weight excluding hydrogens is 324 g/mol. The minimum Gasteiger partial charge on any atom is -0.391 e. The van der Waals surface area contributed by atoms with E-state index in [4.69, 9.17) is 0 Å². The molecule has 3 rings (SSSR count). The van der Waals surface area contributed by atoms with Crippen molar-refractivity contribution in [3.63, 3.8) is 0 Å². The van der Waals surface area contributed by atoms with Crippen LogP contribution in [0.25, 0.3) is 0 Å². The Hall–Kier alpha value is -1.99. The number of aliphatic hydroxyl groups is 1. The molecule has 0 unspecified atom stereocenters. The van der Waals surface area contributed by atoms with Crippen molar-refractivity contribution in [2.75, 3.05) is 25.0 Å². The average molecular weight is 346 g/mol. The number of aromatic nitrogens is 2. The van der Waals surface area contributed by atoms with Crippen LogP contribution in [0.5, 0.6) is 0 Å². The molecule has 1 aliphatic heterocycles. The van der Waals surface area contributed by atoms with Gasteiger partial charge in [-0.15, -0.1) is 0 Å². The number of likely N-dealkylation sites (tertiary alicyclic amines) is 1. The Labute approximate surface area is 145 Å². The van der Waals surface area contributed by atoms with E-state index in [-0.39, 0.29) is 11.8 Å². The largest absolute Gasteiger partial charge is 0.391 e. The average Bonchev–Trinajstić information content (AvgIpc) is 3.11. The highest BCUT2D eigenvalue weighted by Crippen LogP contribution is 2.27. The number of nitrogens with zero attached hydrogens (tertiary/aromatic N) is 3. The molecule has 0 aliphatic carbocycles. The first-order valence-electron chi connectivity index (χ1n) is 8.17. The summed E-state index contributed by atoms with van der Waals surface area (Å²) in [6.45, 7) is 5.53. The number of nitrogens with one attached hydrogen (secondary N) is 1. The van der Waals surface area contributed by atoms with E-state index >= 15 is 0 Å². The van der Waals surface area contributed by atoms with Crippen molar-refractivity contribution in [1.82, 2.24) is 14.9 Å². The van der Waals surface area contributed by atoms with E-state index in [9.17, 15) is 9.90 Å². The van der Waals surface area contributed by atoms with Gasteiger partial charge in [-0.3, -0.25) is 9.78 Å². The summed E-state index contributed by atoms with van der Waals surface area (Å²) in [4.78, 5) is 23.8. The molecule has 0 aromatic carbocycles. The van der Waals surface area contributed by atoms with Gasteiger partial charge < -0.3 is 15.3 Å². The van der Waals surface area contributed by atoms with E-state index in [1.54, 1.807) is 11.1 Å². The van der Waals surface area contributed by atoms with Crippen molar-refractivity contribution < 1.29 is 9.90 Å². The number of aliphatic hydroxyl groups excluding tert-OH is 1. The first-order chi connectivity index (χ1) is 11.6. The molecular formula is C17H22N4O2S. The lowest BCUT2D eigenvalue weighted by Gasteiger charge is -2.15. The maximum atomic E-state index is 12.8. The van der Waals surface area contributed by atoms with E-state index in [2.05, 4.69) is 15.3 Å². The maximum absolute atomic E-state index is 12.8. The molecule has 1 fully saturated rings. The van der Waals surface area contributed by atoms with Crippen LogP contribution in [0.1, 0.15) is 28.0 Å². The molecule has 2 N–H and O–H groups in total. The Bertz CT molecular complexity index is 704. The van der Waals surface area contributed by atoms with E-state index in [1.165, 1.54) is 11.3 Å². The summed E-state index contributed by atoms with van der Waals surface area (Å²) in [5.74, 6) is -0.0259. The third-order valence-corrected chi connectivity index (χ3v) is 5.31. The van der Waals surface area contributed by atoms with Crippen LogP contribution >= 0.6 is 11.3 Å². The van der Waals surface area contributed by atoms with Gasteiger partial charge in [-0.05, 0) is 32.4 Å². The normalized spacial score (nSPS) is 20.4. The van der Waals surface area contributed by atoms with Crippen molar-refractivity contribution in [1.29, 1.82) is 0 Å². The molecule has 1 aliphatic rings. The van der Waals surface area contributed by atoms with E-state index < -0.39 is 6.10 Å². The molecule has 2 aromatic rings. The van der Waals surface area contributed by atoms with E-state index in [0.717, 1.165) is 23.1 Å². The molecule has 2 atom stereocenters. The minimum atomic E-state index is -0.516. The number of rotatable bonds is 5. The Morgan fingerprint density at radius 3 is 3.00 bits per heavy atom. The van der Waals surface area contributed by atoms with Crippen LogP contribution in [-0.2, 0) is 6.42 Å². The standard InChI is InChI=1S/C17H22N4O2S/c1-3-18-17-20-11(2)15(24-17)16(23)21-9-12(14(22)10-21)8-13-6-4-5-7-19-13/h4-7,12,14,22H,3,8-10H2,1-2H3,(H,18,20)/t12-,14-/m1/s1. The summed E-state index contributed by atoms with van der Waals surface area (Å²) in [6.07, 6.45) is 1.91. The molecule has 2 aromatic heterocycles. The zero-order valence-electron chi connectivity index (χ0n) is 13.9. The summed E-state index contributed by atoms with van der Waals surface area (Å²) < 4.78 is 0. The Morgan fingerprint density at radius 1 is 1.46 bits per heavy atom.